The Morgan fingerprint density at radius 2 is 2.19 bits per heavy atom. The van der Waals surface area contributed by atoms with Crippen molar-refractivity contribution in [1.29, 1.82) is 0 Å². The molecule has 0 radical (unpaired) electrons. The molecule has 1 aliphatic heterocycles. The minimum absolute atomic E-state index is 0.0279. The predicted molar refractivity (Wildman–Crippen MR) is 80.5 cm³/mol. The Morgan fingerprint density at radius 1 is 1.43 bits per heavy atom. The number of piperidine rings is 1. The minimum Gasteiger partial charge on any atom is -0.392 e. The molecule has 118 valence electrons. The summed E-state index contributed by atoms with van der Waals surface area (Å²) in [5.41, 5.74) is 1.31. The molecule has 1 atom stereocenters. The van der Waals surface area contributed by atoms with E-state index in [1.807, 2.05) is 6.92 Å². The van der Waals surface area contributed by atoms with E-state index in [-0.39, 0.29) is 17.6 Å². The summed E-state index contributed by atoms with van der Waals surface area (Å²) in [6, 6.07) is 5.05. The van der Waals surface area contributed by atoms with E-state index in [0.717, 1.165) is 12.8 Å². The van der Waals surface area contributed by atoms with E-state index in [1.54, 1.807) is 25.1 Å². The topological polar surface area (TPSA) is 66.8 Å². The van der Waals surface area contributed by atoms with Gasteiger partial charge in [-0.15, -0.1) is 0 Å². The largest absolute Gasteiger partial charge is 0.392 e. The van der Waals surface area contributed by atoms with E-state index < -0.39 is 10.0 Å². The first-order valence-corrected chi connectivity index (χ1v) is 8.75. The Hall–Kier alpha value is -0.950. The van der Waals surface area contributed by atoms with Crippen molar-refractivity contribution in [1.82, 2.24) is 4.31 Å². The van der Waals surface area contributed by atoms with E-state index in [0.29, 0.717) is 30.8 Å². The van der Waals surface area contributed by atoms with E-state index in [4.69, 9.17) is 4.74 Å². The van der Waals surface area contributed by atoms with Crippen molar-refractivity contribution < 1.29 is 18.3 Å². The highest BCUT2D eigenvalue weighted by Crippen LogP contribution is 2.25. The SMILES string of the molecule is CCOC1CCCN(S(=O)(=O)c2cc(CO)ccc2C)C1. The summed E-state index contributed by atoms with van der Waals surface area (Å²) in [5, 5.41) is 9.21. The molecule has 1 N–H and O–H groups in total. The molecule has 1 fully saturated rings. The normalized spacial score (nSPS) is 20.6. The molecule has 1 saturated heterocycles. The number of hydrogen-bond donors (Lipinski definition) is 1. The third-order valence-electron chi connectivity index (χ3n) is 3.80. The van der Waals surface area contributed by atoms with Gasteiger partial charge in [-0.1, -0.05) is 12.1 Å². The van der Waals surface area contributed by atoms with Gasteiger partial charge in [0.1, 0.15) is 0 Å². The second-order valence-corrected chi connectivity index (χ2v) is 7.25. The average molecular weight is 313 g/mol. The van der Waals surface area contributed by atoms with Gasteiger partial charge in [0, 0.05) is 19.7 Å². The Kier molecular flexibility index (Phi) is 5.37. The maximum Gasteiger partial charge on any atom is 0.243 e. The standard InChI is InChI=1S/C15H23NO4S/c1-3-20-14-5-4-8-16(10-14)21(18,19)15-9-13(11-17)7-6-12(15)2/h6-7,9,14,17H,3-5,8,10-11H2,1-2H3. The molecular weight excluding hydrogens is 290 g/mol. The Labute approximate surface area is 126 Å². The summed E-state index contributed by atoms with van der Waals surface area (Å²) in [6.07, 6.45) is 1.68. The second kappa shape index (κ2) is 6.87. The summed E-state index contributed by atoms with van der Waals surface area (Å²) < 4.78 is 32.7. The Bertz CT molecular complexity index is 583. The van der Waals surface area contributed by atoms with Crippen LogP contribution in [0.15, 0.2) is 23.1 Å². The number of benzene rings is 1. The van der Waals surface area contributed by atoms with Crippen LogP contribution >= 0.6 is 0 Å². The lowest BCUT2D eigenvalue weighted by molar-refractivity contribution is 0.0265. The maximum atomic E-state index is 12.8. The fourth-order valence-electron chi connectivity index (χ4n) is 2.65. The molecule has 5 nitrogen and oxygen atoms in total. The van der Waals surface area contributed by atoms with Gasteiger partial charge in [-0.25, -0.2) is 8.42 Å². The molecule has 1 aromatic carbocycles. The molecule has 0 amide bonds. The molecule has 21 heavy (non-hydrogen) atoms. The fourth-order valence-corrected chi connectivity index (χ4v) is 4.44. The number of rotatable bonds is 5. The van der Waals surface area contributed by atoms with Crippen LogP contribution in [0.25, 0.3) is 0 Å². The lowest BCUT2D eigenvalue weighted by Crippen LogP contribution is -2.43. The van der Waals surface area contributed by atoms with Crippen LogP contribution in [-0.2, 0) is 21.4 Å². The molecule has 0 aliphatic carbocycles. The molecule has 1 aliphatic rings. The van der Waals surface area contributed by atoms with E-state index >= 15 is 0 Å². The van der Waals surface area contributed by atoms with Crippen LogP contribution in [0.5, 0.6) is 0 Å². The lowest BCUT2D eigenvalue weighted by atomic mass is 10.1. The van der Waals surface area contributed by atoms with E-state index in [9.17, 15) is 13.5 Å². The smallest absolute Gasteiger partial charge is 0.243 e. The van der Waals surface area contributed by atoms with Gasteiger partial charge >= 0.3 is 0 Å². The number of ether oxygens (including phenoxy) is 1. The summed E-state index contributed by atoms with van der Waals surface area (Å²) in [7, 11) is -3.53. The van der Waals surface area contributed by atoms with Crippen LogP contribution in [-0.4, -0.2) is 43.6 Å². The molecule has 1 aromatic rings. The zero-order valence-corrected chi connectivity index (χ0v) is 13.4. The monoisotopic (exact) mass is 313 g/mol. The number of nitrogens with zero attached hydrogens (tertiary/aromatic N) is 1. The molecule has 6 heteroatoms. The lowest BCUT2D eigenvalue weighted by Gasteiger charge is -2.32. The quantitative estimate of drug-likeness (QED) is 0.898. The molecule has 1 unspecified atom stereocenters. The number of sulfonamides is 1. The van der Waals surface area contributed by atoms with Gasteiger partial charge in [-0.2, -0.15) is 4.31 Å². The minimum atomic E-state index is -3.53. The van der Waals surface area contributed by atoms with Gasteiger partial charge in [0.15, 0.2) is 0 Å². The molecule has 0 bridgehead atoms. The fraction of sp³-hybridized carbons (Fsp3) is 0.600. The highest BCUT2D eigenvalue weighted by atomic mass is 32.2. The van der Waals surface area contributed by atoms with Crippen molar-refractivity contribution in [3.63, 3.8) is 0 Å². The van der Waals surface area contributed by atoms with Crippen LogP contribution in [0.1, 0.15) is 30.9 Å². The number of aliphatic hydroxyl groups excluding tert-OH is 1. The van der Waals surface area contributed by atoms with Crippen LogP contribution in [0, 0.1) is 6.92 Å². The average Bonchev–Trinajstić information content (AvgIpc) is 2.48. The third kappa shape index (κ3) is 3.63. The number of aryl methyl sites for hydroxylation is 1. The van der Waals surface area contributed by atoms with Gasteiger partial charge in [0.2, 0.25) is 10.0 Å². The zero-order valence-electron chi connectivity index (χ0n) is 12.6. The highest BCUT2D eigenvalue weighted by Gasteiger charge is 2.31. The van der Waals surface area contributed by atoms with Gasteiger partial charge in [-0.05, 0) is 43.9 Å². The summed E-state index contributed by atoms with van der Waals surface area (Å²) in [5.74, 6) is 0. The van der Waals surface area contributed by atoms with Crippen LogP contribution in [0.4, 0.5) is 0 Å². The van der Waals surface area contributed by atoms with Crippen molar-refractivity contribution in [2.45, 2.75) is 44.3 Å². The van der Waals surface area contributed by atoms with Crippen molar-refractivity contribution in [3.05, 3.63) is 29.3 Å². The van der Waals surface area contributed by atoms with Crippen LogP contribution in [0.2, 0.25) is 0 Å². The summed E-state index contributed by atoms with van der Waals surface area (Å²) in [4.78, 5) is 0.284. The predicted octanol–water partition coefficient (Wildman–Crippen LogP) is 1.68. The molecule has 1 heterocycles. The first kappa shape index (κ1) is 16.4. The van der Waals surface area contributed by atoms with Crippen LogP contribution in [0.3, 0.4) is 0 Å². The molecular formula is C15H23NO4S. The molecule has 2 rings (SSSR count). The highest BCUT2D eigenvalue weighted by molar-refractivity contribution is 7.89. The summed E-state index contributed by atoms with van der Waals surface area (Å²) >= 11 is 0. The van der Waals surface area contributed by atoms with Crippen LogP contribution < -0.4 is 0 Å². The maximum absolute atomic E-state index is 12.8. The summed E-state index contributed by atoms with van der Waals surface area (Å²) in [6.45, 7) is 5.05. The van der Waals surface area contributed by atoms with Gasteiger partial charge in [0.25, 0.3) is 0 Å². The van der Waals surface area contributed by atoms with Crippen molar-refractivity contribution >= 4 is 10.0 Å². The number of hydrogen-bond acceptors (Lipinski definition) is 4. The second-order valence-electron chi connectivity index (χ2n) is 5.34. The van der Waals surface area contributed by atoms with Crippen molar-refractivity contribution in [2.75, 3.05) is 19.7 Å². The van der Waals surface area contributed by atoms with Crippen molar-refractivity contribution in [3.8, 4) is 0 Å². The van der Waals surface area contributed by atoms with Gasteiger partial charge < -0.3 is 9.84 Å². The zero-order chi connectivity index (χ0) is 15.5. The number of aliphatic hydroxyl groups is 1. The van der Waals surface area contributed by atoms with Gasteiger partial charge in [0.05, 0.1) is 17.6 Å². The molecule has 0 saturated carbocycles. The van der Waals surface area contributed by atoms with Crippen molar-refractivity contribution in [2.24, 2.45) is 0 Å². The van der Waals surface area contributed by atoms with E-state index in [1.165, 1.54) is 4.31 Å². The third-order valence-corrected chi connectivity index (χ3v) is 5.80. The first-order chi connectivity index (χ1) is 9.98. The first-order valence-electron chi connectivity index (χ1n) is 7.31. The van der Waals surface area contributed by atoms with E-state index in [2.05, 4.69) is 0 Å². The Balaban J connectivity index is 2.29. The Morgan fingerprint density at radius 3 is 2.86 bits per heavy atom. The molecule has 0 aromatic heterocycles. The molecule has 0 spiro atoms. The van der Waals surface area contributed by atoms with Gasteiger partial charge in [-0.3, -0.25) is 0 Å².